The van der Waals surface area contributed by atoms with Crippen LogP contribution in [0.15, 0.2) is 49.3 Å². The molecule has 0 bridgehead atoms. The highest BCUT2D eigenvalue weighted by atomic mass is 79.9. The summed E-state index contributed by atoms with van der Waals surface area (Å²) in [6.45, 7) is 0. The fourth-order valence-corrected chi connectivity index (χ4v) is 2.67. The molecule has 0 aliphatic carbocycles. The van der Waals surface area contributed by atoms with Gasteiger partial charge in [-0.25, -0.2) is 9.02 Å². The summed E-state index contributed by atoms with van der Waals surface area (Å²) in [6, 6.07) is 5.89. The third-order valence-electron chi connectivity index (χ3n) is 2.84. The summed E-state index contributed by atoms with van der Waals surface area (Å²) in [5, 5.41) is 16.9. The summed E-state index contributed by atoms with van der Waals surface area (Å²) >= 11 is 4.46. The van der Waals surface area contributed by atoms with Gasteiger partial charge in [-0.15, -0.1) is 0 Å². The molecule has 0 aliphatic rings. The van der Waals surface area contributed by atoms with E-state index in [0.717, 1.165) is 0 Å². The first-order valence-electron chi connectivity index (χ1n) is 6.70. The van der Waals surface area contributed by atoms with E-state index in [2.05, 4.69) is 46.8 Å². The lowest BCUT2D eigenvalue weighted by Crippen LogP contribution is -2.12. The Morgan fingerprint density at radius 2 is 2.28 bits per heavy atom. The number of halogens is 2. The van der Waals surface area contributed by atoms with Gasteiger partial charge < -0.3 is 5.32 Å². The van der Waals surface area contributed by atoms with Crippen molar-refractivity contribution < 1.29 is 18.8 Å². The molecule has 3 rings (SSSR count). The highest BCUT2D eigenvalue weighted by molar-refractivity contribution is 9.10. The summed E-state index contributed by atoms with van der Waals surface area (Å²) in [5.41, 5.74) is 3.65. The number of hydrogen-bond donors (Lipinski definition) is 2. The predicted octanol–water partition coefficient (Wildman–Crippen LogP) is 3.66. The number of nitrogens with one attached hydrogen (secondary N) is 2. The van der Waals surface area contributed by atoms with E-state index >= 15 is 0 Å². The molecule has 0 radical (unpaired) electrons. The molecule has 1 aromatic carbocycles. The molecule has 0 saturated heterocycles. The van der Waals surface area contributed by atoms with E-state index in [1.165, 1.54) is 35.8 Å². The van der Waals surface area contributed by atoms with Gasteiger partial charge in [0.25, 0.3) is 5.91 Å². The number of amides is 1. The number of anilines is 2. The van der Waals surface area contributed by atoms with Gasteiger partial charge in [-0.05, 0) is 55.9 Å². The van der Waals surface area contributed by atoms with Crippen molar-refractivity contribution in [3.8, 4) is 0 Å². The standard InChI is InChI=1S/C14H9BrFN5O3S/c15-10-5-9(1-2-11(10)16)19-23-17-6-12-13(21-24-20-12)18-14(22)8-3-4-25-7-8/h1-7,19H,(H,18,21,22)/b17-6+. The van der Waals surface area contributed by atoms with E-state index in [9.17, 15) is 9.18 Å². The minimum absolute atomic E-state index is 0.105. The van der Waals surface area contributed by atoms with Crippen molar-refractivity contribution in [1.29, 1.82) is 0 Å². The Morgan fingerprint density at radius 1 is 1.40 bits per heavy atom. The molecule has 1 amide bonds. The monoisotopic (exact) mass is 425 g/mol. The van der Waals surface area contributed by atoms with Crippen molar-refractivity contribution in [1.82, 2.24) is 10.3 Å². The van der Waals surface area contributed by atoms with E-state index in [1.54, 1.807) is 16.8 Å². The van der Waals surface area contributed by atoms with Crippen LogP contribution in [0.4, 0.5) is 15.9 Å². The average Bonchev–Trinajstić information content (AvgIpc) is 3.27. The van der Waals surface area contributed by atoms with Gasteiger partial charge in [0.2, 0.25) is 5.82 Å². The second-order valence-electron chi connectivity index (χ2n) is 4.52. The molecule has 3 aromatic rings. The lowest BCUT2D eigenvalue weighted by atomic mass is 10.3. The fourth-order valence-electron chi connectivity index (χ4n) is 1.66. The van der Waals surface area contributed by atoms with Crippen LogP contribution in [0, 0.1) is 5.82 Å². The Labute approximate surface area is 152 Å². The number of benzene rings is 1. The lowest BCUT2D eigenvalue weighted by Gasteiger charge is -2.03. The maximum Gasteiger partial charge on any atom is 0.257 e. The quantitative estimate of drug-likeness (QED) is 0.461. The minimum Gasteiger partial charge on any atom is -0.302 e. The van der Waals surface area contributed by atoms with Crippen molar-refractivity contribution in [3.05, 3.63) is 56.6 Å². The van der Waals surface area contributed by atoms with E-state index in [0.29, 0.717) is 11.3 Å². The average molecular weight is 426 g/mol. The van der Waals surface area contributed by atoms with Gasteiger partial charge >= 0.3 is 0 Å². The molecule has 0 fully saturated rings. The Balaban J connectivity index is 1.58. The third-order valence-corrected chi connectivity index (χ3v) is 4.13. The van der Waals surface area contributed by atoms with Gasteiger partial charge in [0, 0.05) is 5.38 Å². The Hall–Kier alpha value is -2.79. The molecular weight excluding hydrogens is 417 g/mol. The molecule has 2 N–H and O–H groups in total. The summed E-state index contributed by atoms with van der Waals surface area (Å²) in [6.07, 6.45) is 1.20. The van der Waals surface area contributed by atoms with Crippen molar-refractivity contribution in [2.75, 3.05) is 10.8 Å². The smallest absolute Gasteiger partial charge is 0.257 e. The summed E-state index contributed by atoms with van der Waals surface area (Å²) in [4.78, 5) is 16.8. The zero-order chi connectivity index (χ0) is 17.6. The first-order valence-corrected chi connectivity index (χ1v) is 8.43. The summed E-state index contributed by atoms with van der Waals surface area (Å²) in [5.74, 6) is -0.636. The second-order valence-corrected chi connectivity index (χ2v) is 6.16. The van der Waals surface area contributed by atoms with Crippen LogP contribution in [0.25, 0.3) is 0 Å². The second kappa shape index (κ2) is 7.85. The van der Waals surface area contributed by atoms with Gasteiger partial charge in [-0.1, -0.05) is 5.16 Å². The van der Waals surface area contributed by atoms with Crippen LogP contribution >= 0.6 is 27.3 Å². The SMILES string of the molecule is O=C(Nc1nonc1/C=N/ONc1ccc(F)c(Br)c1)c1ccsc1. The van der Waals surface area contributed by atoms with E-state index in [4.69, 9.17) is 4.94 Å². The van der Waals surface area contributed by atoms with Crippen molar-refractivity contribution in [3.63, 3.8) is 0 Å². The Morgan fingerprint density at radius 3 is 3.04 bits per heavy atom. The maximum absolute atomic E-state index is 13.1. The van der Waals surface area contributed by atoms with Crippen LogP contribution in [0.5, 0.6) is 0 Å². The lowest BCUT2D eigenvalue weighted by molar-refractivity contribution is 0.102. The summed E-state index contributed by atoms with van der Waals surface area (Å²) in [7, 11) is 0. The van der Waals surface area contributed by atoms with Gasteiger partial charge in [0.1, 0.15) is 12.0 Å². The Bertz CT molecular complexity index is 900. The number of aromatic nitrogens is 2. The van der Waals surface area contributed by atoms with E-state index in [-0.39, 0.29) is 21.9 Å². The van der Waals surface area contributed by atoms with E-state index < -0.39 is 5.82 Å². The van der Waals surface area contributed by atoms with Crippen LogP contribution in [0.3, 0.4) is 0 Å². The normalized spacial score (nSPS) is 10.8. The predicted molar refractivity (Wildman–Crippen MR) is 93.0 cm³/mol. The van der Waals surface area contributed by atoms with Gasteiger partial charge in [-0.3, -0.25) is 9.73 Å². The molecule has 0 unspecified atom stereocenters. The molecule has 11 heteroatoms. The topological polar surface area (TPSA) is 102 Å². The van der Waals surface area contributed by atoms with Crippen molar-refractivity contribution in [2.24, 2.45) is 5.16 Å². The minimum atomic E-state index is -0.395. The molecule has 0 aliphatic heterocycles. The zero-order valence-corrected chi connectivity index (χ0v) is 14.7. The van der Waals surface area contributed by atoms with Crippen LogP contribution in [0.1, 0.15) is 16.1 Å². The number of oxime groups is 1. The molecule has 2 heterocycles. The van der Waals surface area contributed by atoms with Gasteiger partial charge in [0.15, 0.2) is 5.69 Å². The van der Waals surface area contributed by atoms with Crippen molar-refractivity contribution >= 4 is 50.9 Å². The van der Waals surface area contributed by atoms with Crippen LogP contribution in [0.2, 0.25) is 0 Å². The molecule has 0 saturated carbocycles. The molecule has 2 aromatic heterocycles. The van der Waals surface area contributed by atoms with Crippen LogP contribution < -0.4 is 10.8 Å². The number of nitrogens with zero attached hydrogens (tertiary/aromatic N) is 3. The highest BCUT2D eigenvalue weighted by Crippen LogP contribution is 2.20. The molecule has 8 nitrogen and oxygen atoms in total. The number of hydrogen-bond acceptors (Lipinski definition) is 8. The molecule has 25 heavy (non-hydrogen) atoms. The summed E-state index contributed by atoms with van der Waals surface area (Å²) < 4.78 is 18.0. The third kappa shape index (κ3) is 4.39. The first kappa shape index (κ1) is 17.0. The van der Waals surface area contributed by atoms with Gasteiger partial charge in [0.05, 0.1) is 15.7 Å². The zero-order valence-electron chi connectivity index (χ0n) is 12.3. The first-order chi connectivity index (χ1) is 12.1. The molecule has 0 spiro atoms. The Kier molecular flexibility index (Phi) is 5.36. The number of rotatable bonds is 6. The largest absolute Gasteiger partial charge is 0.302 e. The van der Waals surface area contributed by atoms with Crippen molar-refractivity contribution in [2.45, 2.75) is 0 Å². The van der Waals surface area contributed by atoms with Crippen LogP contribution in [-0.2, 0) is 4.94 Å². The number of carbonyl (C=O) groups is 1. The van der Waals surface area contributed by atoms with E-state index in [1.807, 2.05) is 0 Å². The molecule has 128 valence electrons. The number of thiophene rings is 1. The maximum atomic E-state index is 13.1. The van der Waals surface area contributed by atoms with Crippen LogP contribution in [-0.4, -0.2) is 22.4 Å². The molecule has 0 atom stereocenters. The number of carbonyl (C=O) groups excluding carboxylic acids is 1. The highest BCUT2D eigenvalue weighted by Gasteiger charge is 2.13. The fraction of sp³-hybridized carbons (Fsp3) is 0. The molecular formula is C14H9BrFN5O3S. The van der Waals surface area contributed by atoms with Gasteiger partial charge in [-0.2, -0.15) is 16.8 Å².